The van der Waals surface area contributed by atoms with Crippen LogP contribution >= 0.6 is 0 Å². The number of aromatic nitrogens is 4. The third-order valence-electron chi connectivity index (χ3n) is 6.04. The molecule has 0 bridgehead atoms. The van der Waals surface area contributed by atoms with Crippen molar-refractivity contribution in [3.05, 3.63) is 45.4 Å². The summed E-state index contributed by atoms with van der Waals surface area (Å²) >= 11 is 0. The van der Waals surface area contributed by atoms with Crippen molar-refractivity contribution < 1.29 is 0 Å². The second-order valence-electron chi connectivity index (χ2n) is 9.04. The molecule has 1 spiro atoms. The van der Waals surface area contributed by atoms with Crippen LogP contribution in [0.25, 0.3) is 0 Å². The summed E-state index contributed by atoms with van der Waals surface area (Å²) in [7, 11) is 0. The lowest BCUT2D eigenvalue weighted by Crippen LogP contribution is -2.46. The number of piperidine rings is 1. The van der Waals surface area contributed by atoms with E-state index in [-0.39, 0.29) is 16.4 Å². The van der Waals surface area contributed by atoms with Gasteiger partial charge in [-0.25, -0.2) is 15.0 Å². The number of H-pyrrole nitrogens is 1. The Morgan fingerprint density at radius 3 is 2.63 bits per heavy atom. The molecule has 1 unspecified atom stereocenters. The van der Waals surface area contributed by atoms with E-state index < -0.39 is 0 Å². The number of anilines is 1. The minimum atomic E-state index is -0.175. The summed E-state index contributed by atoms with van der Waals surface area (Å²) in [6.07, 6.45) is 8.72. The number of aryl methyl sites for hydroxylation is 1. The van der Waals surface area contributed by atoms with E-state index >= 15 is 0 Å². The minimum Gasteiger partial charge on any atom is -0.340 e. The molecule has 2 aliphatic rings. The average Bonchev–Trinajstić information content (AvgIpc) is 3.00. The fourth-order valence-corrected chi connectivity index (χ4v) is 4.40. The van der Waals surface area contributed by atoms with Crippen molar-refractivity contribution in [3.63, 3.8) is 0 Å². The Kier molecular flexibility index (Phi) is 4.32. The van der Waals surface area contributed by atoms with Crippen molar-refractivity contribution in [2.45, 2.75) is 70.6 Å². The Hall–Kier alpha value is -2.24. The molecular formula is C21H29N5O. The number of nitrogens with one attached hydrogen (secondary N) is 1. The molecule has 0 saturated carbocycles. The first kappa shape index (κ1) is 18.1. The summed E-state index contributed by atoms with van der Waals surface area (Å²) in [6.45, 7) is 10.2. The van der Waals surface area contributed by atoms with Gasteiger partial charge in [0.05, 0.1) is 5.69 Å². The van der Waals surface area contributed by atoms with Gasteiger partial charge in [-0.15, -0.1) is 0 Å². The first-order valence-corrected chi connectivity index (χ1v) is 10.0. The van der Waals surface area contributed by atoms with Crippen LogP contribution in [0.3, 0.4) is 0 Å². The highest BCUT2D eigenvalue weighted by Crippen LogP contribution is 2.43. The number of nitrogens with zero attached hydrogens (tertiary/aromatic N) is 4. The van der Waals surface area contributed by atoms with Crippen LogP contribution in [0, 0.1) is 0 Å². The Balaban J connectivity index is 1.70. The first-order valence-electron chi connectivity index (χ1n) is 10.0. The van der Waals surface area contributed by atoms with Crippen LogP contribution in [-0.2, 0) is 23.7 Å². The zero-order valence-corrected chi connectivity index (χ0v) is 16.8. The number of fused-ring (bicyclic) bond motifs is 2. The standard InChI is InChI=1S/C21H29N5O/c1-5-14-11-22-19(23-12-14)26-10-6-8-21(13-26)9-7-15-16(21)24-18(20(2,3)4)25-17(15)27/h11-12H,5-10,13H2,1-4H3,(H,24,25,27). The van der Waals surface area contributed by atoms with E-state index in [1.807, 2.05) is 12.4 Å². The monoisotopic (exact) mass is 367 g/mol. The molecular weight excluding hydrogens is 338 g/mol. The third kappa shape index (κ3) is 3.15. The molecule has 0 radical (unpaired) electrons. The highest BCUT2D eigenvalue weighted by Gasteiger charge is 2.45. The van der Waals surface area contributed by atoms with Crippen LogP contribution in [0.1, 0.15) is 69.6 Å². The summed E-state index contributed by atoms with van der Waals surface area (Å²) < 4.78 is 0. The predicted octanol–water partition coefficient (Wildman–Crippen LogP) is 2.90. The van der Waals surface area contributed by atoms with Crippen LogP contribution in [0.15, 0.2) is 17.2 Å². The van der Waals surface area contributed by atoms with Crippen LogP contribution in [0.2, 0.25) is 0 Å². The van der Waals surface area contributed by atoms with E-state index in [2.05, 4.69) is 47.5 Å². The van der Waals surface area contributed by atoms with Gasteiger partial charge in [-0.05, 0) is 37.7 Å². The van der Waals surface area contributed by atoms with Gasteiger partial charge in [0.2, 0.25) is 5.95 Å². The minimum absolute atomic E-state index is 0.0440. The predicted molar refractivity (Wildman–Crippen MR) is 106 cm³/mol. The molecule has 144 valence electrons. The molecule has 1 saturated heterocycles. The molecule has 1 atom stereocenters. The van der Waals surface area contributed by atoms with Crippen molar-refractivity contribution in [1.29, 1.82) is 0 Å². The molecule has 2 aromatic rings. The molecule has 4 rings (SSSR count). The third-order valence-corrected chi connectivity index (χ3v) is 6.04. The van der Waals surface area contributed by atoms with Gasteiger partial charge >= 0.3 is 0 Å². The maximum atomic E-state index is 12.7. The van der Waals surface area contributed by atoms with Crippen molar-refractivity contribution in [2.75, 3.05) is 18.0 Å². The molecule has 27 heavy (non-hydrogen) atoms. The molecule has 1 aliphatic carbocycles. The van der Waals surface area contributed by atoms with Gasteiger partial charge in [0, 0.05) is 41.9 Å². The highest BCUT2D eigenvalue weighted by molar-refractivity contribution is 5.40. The maximum absolute atomic E-state index is 12.7. The fourth-order valence-electron chi connectivity index (χ4n) is 4.40. The van der Waals surface area contributed by atoms with E-state index in [9.17, 15) is 4.79 Å². The van der Waals surface area contributed by atoms with E-state index in [1.165, 1.54) is 0 Å². The highest BCUT2D eigenvalue weighted by atomic mass is 16.1. The van der Waals surface area contributed by atoms with Crippen LogP contribution in [0.4, 0.5) is 5.95 Å². The normalized spacial score (nSPS) is 22.3. The van der Waals surface area contributed by atoms with E-state index in [4.69, 9.17) is 4.98 Å². The molecule has 1 N–H and O–H groups in total. The van der Waals surface area contributed by atoms with E-state index in [0.29, 0.717) is 0 Å². The molecule has 0 aromatic carbocycles. The van der Waals surface area contributed by atoms with E-state index in [0.717, 1.165) is 73.8 Å². The Morgan fingerprint density at radius 2 is 1.96 bits per heavy atom. The lowest BCUT2D eigenvalue weighted by Gasteiger charge is -2.40. The van der Waals surface area contributed by atoms with Gasteiger partial charge in [-0.1, -0.05) is 27.7 Å². The van der Waals surface area contributed by atoms with Gasteiger partial charge in [0.15, 0.2) is 0 Å². The van der Waals surface area contributed by atoms with E-state index in [1.54, 1.807) is 0 Å². The number of hydrogen-bond donors (Lipinski definition) is 1. The average molecular weight is 367 g/mol. The van der Waals surface area contributed by atoms with Crippen LogP contribution < -0.4 is 10.5 Å². The summed E-state index contributed by atoms with van der Waals surface area (Å²) in [5.41, 5.74) is 2.86. The molecule has 3 heterocycles. The summed E-state index contributed by atoms with van der Waals surface area (Å²) in [6, 6.07) is 0. The van der Waals surface area contributed by atoms with Gasteiger partial charge in [-0.3, -0.25) is 4.79 Å². The number of aromatic amines is 1. The zero-order valence-electron chi connectivity index (χ0n) is 16.8. The molecule has 6 heteroatoms. The fraction of sp³-hybridized carbons (Fsp3) is 0.619. The molecule has 1 fully saturated rings. The molecule has 1 aliphatic heterocycles. The lowest BCUT2D eigenvalue weighted by atomic mass is 9.77. The van der Waals surface area contributed by atoms with Crippen molar-refractivity contribution >= 4 is 5.95 Å². The SMILES string of the molecule is CCc1cnc(N2CCCC3(CCc4c3nc(C(C)(C)C)[nH]c4=O)C2)nc1. The lowest BCUT2D eigenvalue weighted by molar-refractivity contribution is 0.330. The summed E-state index contributed by atoms with van der Waals surface area (Å²) in [4.78, 5) is 32.2. The summed E-state index contributed by atoms with van der Waals surface area (Å²) in [5.74, 6) is 1.58. The quantitative estimate of drug-likeness (QED) is 0.883. The largest absolute Gasteiger partial charge is 0.340 e. The summed E-state index contributed by atoms with van der Waals surface area (Å²) in [5, 5.41) is 0. The molecule has 6 nitrogen and oxygen atoms in total. The van der Waals surface area contributed by atoms with Gasteiger partial charge in [0.1, 0.15) is 5.82 Å². The van der Waals surface area contributed by atoms with Crippen molar-refractivity contribution in [1.82, 2.24) is 19.9 Å². The van der Waals surface area contributed by atoms with Gasteiger partial charge in [-0.2, -0.15) is 0 Å². The smallest absolute Gasteiger partial charge is 0.254 e. The van der Waals surface area contributed by atoms with Crippen LogP contribution in [-0.4, -0.2) is 33.0 Å². The molecule has 0 amide bonds. The second-order valence-corrected chi connectivity index (χ2v) is 9.04. The number of rotatable bonds is 2. The van der Waals surface area contributed by atoms with Gasteiger partial charge in [0.25, 0.3) is 5.56 Å². The van der Waals surface area contributed by atoms with Gasteiger partial charge < -0.3 is 9.88 Å². The first-order chi connectivity index (χ1) is 12.8. The zero-order chi connectivity index (χ0) is 19.2. The van der Waals surface area contributed by atoms with Crippen molar-refractivity contribution in [2.24, 2.45) is 0 Å². The molecule has 2 aromatic heterocycles. The number of hydrogen-bond acceptors (Lipinski definition) is 5. The van der Waals surface area contributed by atoms with Crippen LogP contribution in [0.5, 0.6) is 0 Å². The van der Waals surface area contributed by atoms with Crippen molar-refractivity contribution in [3.8, 4) is 0 Å². The Labute approximate surface area is 160 Å². The Bertz CT molecular complexity index is 896. The Morgan fingerprint density at radius 1 is 1.22 bits per heavy atom. The second kappa shape index (κ2) is 6.43. The maximum Gasteiger partial charge on any atom is 0.254 e. The topological polar surface area (TPSA) is 74.8 Å².